The lowest BCUT2D eigenvalue weighted by Crippen LogP contribution is -1.86. The Morgan fingerprint density at radius 1 is 1.82 bits per heavy atom. The molecule has 0 fully saturated rings. The summed E-state index contributed by atoms with van der Waals surface area (Å²) in [7, 11) is 1.74. The Kier molecular flexibility index (Phi) is 1.93. The Morgan fingerprint density at radius 2 is 2.55 bits per heavy atom. The van der Waals surface area contributed by atoms with Crippen molar-refractivity contribution in [2.75, 3.05) is 0 Å². The quantitative estimate of drug-likeness (QED) is 0.523. The van der Waals surface area contributed by atoms with E-state index in [1.807, 2.05) is 5.92 Å². The predicted molar refractivity (Wildman–Crippen MR) is 37.7 cm³/mol. The van der Waals surface area contributed by atoms with Gasteiger partial charge in [-0.15, -0.1) is 0 Å². The molecule has 1 rings (SSSR count). The molecule has 56 valence electrons. The number of nitrogens with zero attached hydrogens (tertiary/aromatic N) is 2. The first-order valence-corrected chi connectivity index (χ1v) is 2.92. The van der Waals surface area contributed by atoms with Gasteiger partial charge in [-0.25, -0.2) is 4.79 Å². The number of carboxylic acids is 1. The number of hydrogen-bond donors (Lipinski definition) is 1. The van der Waals surface area contributed by atoms with Crippen molar-refractivity contribution in [1.82, 2.24) is 9.78 Å². The van der Waals surface area contributed by atoms with Gasteiger partial charge in [-0.3, -0.25) is 4.68 Å². The standard InChI is InChI=1S/C7H6N2O2/c1-9-5-6(4-8-9)2-3-7(10)11/h4-5H,1H3,(H,10,11). The van der Waals surface area contributed by atoms with Crippen LogP contribution >= 0.6 is 0 Å². The zero-order chi connectivity index (χ0) is 8.27. The zero-order valence-electron chi connectivity index (χ0n) is 5.90. The minimum absolute atomic E-state index is 0.606. The number of carbonyl (C=O) groups is 1. The van der Waals surface area contributed by atoms with Crippen molar-refractivity contribution < 1.29 is 9.90 Å². The second kappa shape index (κ2) is 2.88. The van der Waals surface area contributed by atoms with E-state index in [-0.39, 0.29) is 0 Å². The van der Waals surface area contributed by atoms with E-state index in [1.54, 1.807) is 17.9 Å². The molecule has 0 saturated carbocycles. The van der Waals surface area contributed by atoms with Crippen molar-refractivity contribution in [1.29, 1.82) is 0 Å². The predicted octanol–water partition coefficient (Wildman–Crippen LogP) is -0.144. The summed E-state index contributed by atoms with van der Waals surface area (Å²) in [5.41, 5.74) is 0.606. The van der Waals surface area contributed by atoms with E-state index < -0.39 is 5.97 Å². The first kappa shape index (κ1) is 7.35. The van der Waals surface area contributed by atoms with E-state index in [0.717, 1.165) is 0 Å². The van der Waals surface area contributed by atoms with Crippen molar-refractivity contribution in [3.8, 4) is 11.8 Å². The fourth-order valence-electron chi connectivity index (χ4n) is 0.611. The average molecular weight is 150 g/mol. The smallest absolute Gasteiger partial charge is 0.382 e. The molecule has 0 aliphatic carbocycles. The number of aromatic nitrogens is 2. The minimum atomic E-state index is -1.13. The summed E-state index contributed by atoms with van der Waals surface area (Å²) in [5.74, 6) is 3.29. The minimum Gasteiger partial charge on any atom is -0.472 e. The van der Waals surface area contributed by atoms with E-state index in [0.29, 0.717) is 5.56 Å². The number of carboxylic acid groups (broad SMARTS) is 1. The number of aliphatic carboxylic acids is 1. The van der Waals surface area contributed by atoms with Crippen LogP contribution in [0.3, 0.4) is 0 Å². The third-order valence-electron chi connectivity index (χ3n) is 1.02. The van der Waals surface area contributed by atoms with Crippen LogP contribution in [0.1, 0.15) is 5.56 Å². The molecule has 4 nitrogen and oxygen atoms in total. The molecule has 0 atom stereocenters. The summed E-state index contributed by atoms with van der Waals surface area (Å²) in [6.45, 7) is 0. The number of aryl methyl sites for hydroxylation is 1. The highest BCUT2D eigenvalue weighted by molar-refractivity contribution is 5.87. The average Bonchev–Trinajstić information content (AvgIpc) is 2.31. The van der Waals surface area contributed by atoms with Gasteiger partial charge in [-0.05, 0) is 0 Å². The van der Waals surface area contributed by atoms with Crippen LogP contribution in [-0.2, 0) is 11.8 Å². The van der Waals surface area contributed by atoms with Crippen molar-refractivity contribution >= 4 is 5.97 Å². The molecule has 0 unspecified atom stereocenters. The Balaban J connectivity index is 2.82. The monoisotopic (exact) mass is 150 g/mol. The SMILES string of the molecule is Cn1cc(C#CC(=O)O)cn1. The summed E-state index contributed by atoms with van der Waals surface area (Å²) >= 11 is 0. The van der Waals surface area contributed by atoms with Crippen LogP contribution in [-0.4, -0.2) is 20.9 Å². The number of rotatable bonds is 0. The summed E-state index contributed by atoms with van der Waals surface area (Å²) in [5, 5.41) is 12.0. The Hall–Kier alpha value is -1.76. The molecule has 0 aromatic carbocycles. The summed E-state index contributed by atoms with van der Waals surface area (Å²) in [4.78, 5) is 9.98. The summed E-state index contributed by atoms with van der Waals surface area (Å²) in [6.07, 6.45) is 3.16. The van der Waals surface area contributed by atoms with Crippen LogP contribution in [0.5, 0.6) is 0 Å². The van der Waals surface area contributed by atoms with Gasteiger partial charge in [0.25, 0.3) is 0 Å². The molecule has 0 radical (unpaired) electrons. The lowest BCUT2D eigenvalue weighted by atomic mass is 10.4. The third kappa shape index (κ3) is 2.14. The van der Waals surface area contributed by atoms with Crippen LogP contribution in [0.15, 0.2) is 12.4 Å². The van der Waals surface area contributed by atoms with E-state index in [4.69, 9.17) is 5.11 Å². The fourth-order valence-corrected chi connectivity index (χ4v) is 0.611. The van der Waals surface area contributed by atoms with Gasteiger partial charge in [0.15, 0.2) is 0 Å². The largest absolute Gasteiger partial charge is 0.472 e. The van der Waals surface area contributed by atoms with Gasteiger partial charge in [0.2, 0.25) is 0 Å². The van der Waals surface area contributed by atoms with Crippen LogP contribution in [0.4, 0.5) is 0 Å². The molecule has 0 amide bonds. The molecule has 1 aromatic heterocycles. The Labute approximate surface area is 63.5 Å². The highest BCUT2D eigenvalue weighted by atomic mass is 16.4. The second-order valence-corrected chi connectivity index (χ2v) is 1.96. The van der Waals surface area contributed by atoms with E-state index in [2.05, 4.69) is 11.0 Å². The summed E-state index contributed by atoms with van der Waals surface area (Å²) < 4.78 is 1.56. The van der Waals surface area contributed by atoms with Gasteiger partial charge in [0, 0.05) is 19.2 Å². The van der Waals surface area contributed by atoms with Gasteiger partial charge >= 0.3 is 5.97 Å². The third-order valence-corrected chi connectivity index (χ3v) is 1.02. The van der Waals surface area contributed by atoms with Crippen LogP contribution < -0.4 is 0 Å². The molecule has 1 heterocycles. The molecule has 0 saturated heterocycles. The number of hydrogen-bond acceptors (Lipinski definition) is 2. The lowest BCUT2D eigenvalue weighted by molar-refractivity contribution is -0.130. The van der Waals surface area contributed by atoms with Gasteiger partial charge in [0.05, 0.1) is 11.8 Å². The van der Waals surface area contributed by atoms with Gasteiger partial charge in [0.1, 0.15) is 0 Å². The van der Waals surface area contributed by atoms with Crippen LogP contribution in [0, 0.1) is 11.8 Å². The fraction of sp³-hybridized carbons (Fsp3) is 0.143. The van der Waals surface area contributed by atoms with Crippen LogP contribution in [0.25, 0.3) is 0 Å². The van der Waals surface area contributed by atoms with Crippen molar-refractivity contribution in [2.24, 2.45) is 7.05 Å². The van der Waals surface area contributed by atoms with Crippen molar-refractivity contribution in [3.63, 3.8) is 0 Å². The lowest BCUT2D eigenvalue weighted by Gasteiger charge is -1.78. The normalized spacial score (nSPS) is 8.45. The van der Waals surface area contributed by atoms with Crippen LogP contribution in [0.2, 0.25) is 0 Å². The molecule has 4 heteroatoms. The van der Waals surface area contributed by atoms with E-state index in [1.165, 1.54) is 6.20 Å². The topological polar surface area (TPSA) is 55.1 Å². The van der Waals surface area contributed by atoms with Crippen molar-refractivity contribution in [3.05, 3.63) is 18.0 Å². The zero-order valence-corrected chi connectivity index (χ0v) is 5.90. The van der Waals surface area contributed by atoms with Gasteiger partial charge in [-0.2, -0.15) is 5.10 Å². The summed E-state index contributed by atoms with van der Waals surface area (Å²) in [6, 6.07) is 0. The van der Waals surface area contributed by atoms with Gasteiger partial charge < -0.3 is 5.11 Å². The Bertz CT molecular complexity index is 330. The molecule has 11 heavy (non-hydrogen) atoms. The molecule has 0 aliphatic heterocycles. The molecular weight excluding hydrogens is 144 g/mol. The molecule has 1 aromatic rings. The first-order chi connectivity index (χ1) is 5.18. The Morgan fingerprint density at radius 3 is 3.00 bits per heavy atom. The molecule has 0 bridgehead atoms. The molecule has 0 aliphatic rings. The van der Waals surface area contributed by atoms with Crippen molar-refractivity contribution in [2.45, 2.75) is 0 Å². The first-order valence-electron chi connectivity index (χ1n) is 2.92. The maximum atomic E-state index is 9.98. The van der Waals surface area contributed by atoms with E-state index in [9.17, 15) is 4.79 Å². The maximum absolute atomic E-state index is 9.98. The molecule has 1 N–H and O–H groups in total. The highest BCUT2D eigenvalue weighted by Gasteiger charge is 1.89. The molecule has 0 spiro atoms. The maximum Gasteiger partial charge on any atom is 0.382 e. The van der Waals surface area contributed by atoms with Gasteiger partial charge in [-0.1, -0.05) is 5.92 Å². The highest BCUT2D eigenvalue weighted by Crippen LogP contribution is 1.91. The second-order valence-electron chi connectivity index (χ2n) is 1.96. The van der Waals surface area contributed by atoms with E-state index >= 15 is 0 Å². The molecular formula is C7H6N2O2.